The first kappa shape index (κ1) is 13.6. The van der Waals surface area contributed by atoms with Crippen LogP contribution in [0.4, 0.5) is 5.82 Å². The second-order valence-corrected chi connectivity index (χ2v) is 5.12. The molecule has 1 aliphatic heterocycles. The van der Waals surface area contributed by atoms with E-state index < -0.39 is 6.04 Å². The molecule has 0 fully saturated rings. The minimum Gasteiger partial charge on any atom is -0.449 e. The molecule has 0 spiro atoms. The van der Waals surface area contributed by atoms with Gasteiger partial charge in [-0.1, -0.05) is 10.3 Å². The molecule has 5 heterocycles. The molecular weight excluding hydrogens is 330 g/mol. The number of oxazole rings is 2. The third-order valence-electron chi connectivity index (χ3n) is 3.72. The van der Waals surface area contributed by atoms with Crippen molar-refractivity contribution in [1.29, 1.82) is 0 Å². The second kappa shape index (κ2) is 5.37. The summed E-state index contributed by atoms with van der Waals surface area (Å²) in [5.74, 6) is 1.33. The fourth-order valence-electron chi connectivity index (χ4n) is 2.70. The maximum atomic E-state index is 6.03. The lowest BCUT2D eigenvalue weighted by Crippen LogP contribution is -2.23. The van der Waals surface area contributed by atoms with Crippen molar-refractivity contribution in [2.75, 3.05) is 5.06 Å². The average molecular weight is 339 g/mol. The van der Waals surface area contributed by atoms with Gasteiger partial charge in [-0.25, -0.2) is 4.98 Å². The molecule has 4 aromatic rings. The van der Waals surface area contributed by atoms with E-state index in [1.165, 1.54) is 31.6 Å². The maximum absolute atomic E-state index is 6.03. The molecule has 124 valence electrons. The smallest absolute Gasteiger partial charge is 0.207 e. The summed E-state index contributed by atoms with van der Waals surface area (Å²) in [4.78, 5) is 14.1. The van der Waals surface area contributed by atoms with Crippen LogP contribution in [0.3, 0.4) is 0 Å². The Kier molecular flexibility index (Phi) is 2.92. The number of hydroxylamine groups is 1. The Bertz CT molecular complexity index is 974. The fraction of sp³-hybridized carbons (Fsp3) is 0.0667. The molecule has 0 N–H and O–H groups in total. The molecule has 1 aliphatic rings. The zero-order chi connectivity index (χ0) is 16.6. The van der Waals surface area contributed by atoms with E-state index in [4.69, 9.17) is 22.7 Å². The van der Waals surface area contributed by atoms with E-state index in [0.717, 1.165) is 5.56 Å². The number of aromatic nitrogens is 4. The lowest BCUT2D eigenvalue weighted by Gasteiger charge is -2.21. The van der Waals surface area contributed by atoms with Gasteiger partial charge in [0.1, 0.15) is 30.5 Å². The van der Waals surface area contributed by atoms with Crippen molar-refractivity contribution in [3.05, 3.63) is 67.1 Å². The molecule has 0 amide bonds. The summed E-state index contributed by atoms with van der Waals surface area (Å²) in [7, 11) is 0. The Hall–Kier alpha value is -3.82. The summed E-state index contributed by atoms with van der Waals surface area (Å²) < 4.78 is 20.5. The summed E-state index contributed by atoms with van der Waals surface area (Å²) in [5, 5.41) is 9.37. The van der Waals surface area contributed by atoms with E-state index in [1.54, 1.807) is 23.5 Å². The van der Waals surface area contributed by atoms with Gasteiger partial charge < -0.3 is 22.7 Å². The van der Waals surface area contributed by atoms with Crippen molar-refractivity contribution < 1.29 is 22.7 Å². The van der Waals surface area contributed by atoms with Crippen LogP contribution in [-0.4, -0.2) is 20.3 Å². The van der Waals surface area contributed by atoms with Gasteiger partial charge in [0.05, 0.1) is 18.0 Å². The Balaban J connectivity index is 1.73. The first-order valence-electron chi connectivity index (χ1n) is 7.20. The highest BCUT2D eigenvalue weighted by Gasteiger charge is 2.42. The molecule has 1 atom stereocenters. The van der Waals surface area contributed by atoms with Gasteiger partial charge in [-0.15, -0.1) is 0 Å². The second-order valence-electron chi connectivity index (χ2n) is 5.12. The topological polar surface area (TPSA) is 117 Å². The van der Waals surface area contributed by atoms with Crippen LogP contribution in [0.25, 0.3) is 11.3 Å². The molecule has 10 heteroatoms. The molecule has 0 aromatic carbocycles. The highest BCUT2D eigenvalue weighted by molar-refractivity contribution is 5.92. The third kappa shape index (κ3) is 2.11. The van der Waals surface area contributed by atoms with Gasteiger partial charge in [0.2, 0.25) is 11.6 Å². The standard InChI is InChI=1S/C15H9N5O5/c1-2-23-19-10(1)13-14(9-3-18-24-5-9)20(12-6-21-8-17-12)25-15(13)11-4-16-7-22-11/h1-8,14H. The molecule has 5 rings (SSSR count). The largest absolute Gasteiger partial charge is 0.449 e. The third-order valence-corrected chi connectivity index (χ3v) is 3.72. The van der Waals surface area contributed by atoms with Gasteiger partial charge >= 0.3 is 0 Å². The molecule has 0 saturated heterocycles. The quantitative estimate of drug-likeness (QED) is 0.549. The summed E-state index contributed by atoms with van der Waals surface area (Å²) in [5.41, 5.74) is 2.00. The minimum atomic E-state index is -0.457. The lowest BCUT2D eigenvalue weighted by molar-refractivity contribution is 0.237. The van der Waals surface area contributed by atoms with Crippen LogP contribution in [-0.2, 0) is 4.84 Å². The van der Waals surface area contributed by atoms with Gasteiger partial charge in [0, 0.05) is 11.6 Å². The number of hydrogen-bond acceptors (Lipinski definition) is 10. The van der Waals surface area contributed by atoms with Gasteiger partial charge in [0.25, 0.3) is 0 Å². The number of nitrogens with zero attached hydrogens (tertiary/aromatic N) is 5. The van der Waals surface area contributed by atoms with Gasteiger partial charge in [-0.3, -0.25) is 0 Å². The van der Waals surface area contributed by atoms with Gasteiger partial charge in [-0.2, -0.15) is 10.0 Å². The predicted octanol–water partition coefficient (Wildman–Crippen LogP) is 2.70. The normalized spacial score (nSPS) is 17.3. The first-order valence-corrected chi connectivity index (χ1v) is 7.20. The Morgan fingerprint density at radius 3 is 2.76 bits per heavy atom. The summed E-state index contributed by atoms with van der Waals surface area (Å²) in [6, 6.07) is 1.27. The van der Waals surface area contributed by atoms with Crippen LogP contribution in [0.15, 0.2) is 67.9 Å². The number of hydrogen-bond donors (Lipinski definition) is 0. The molecule has 0 bridgehead atoms. The predicted molar refractivity (Wildman–Crippen MR) is 79.1 cm³/mol. The van der Waals surface area contributed by atoms with Crippen molar-refractivity contribution in [2.45, 2.75) is 6.04 Å². The van der Waals surface area contributed by atoms with Crippen molar-refractivity contribution in [3.8, 4) is 0 Å². The molecule has 1 unspecified atom stereocenters. The zero-order valence-corrected chi connectivity index (χ0v) is 12.5. The van der Waals surface area contributed by atoms with Gasteiger partial charge in [-0.05, 0) is 0 Å². The van der Waals surface area contributed by atoms with Crippen molar-refractivity contribution in [2.24, 2.45) is 0 Å². The molecule has 10 nitrogen and oxygen atoms in total. The highest BCUT2D eigenvalue weighted by Crippen LogP contribution is 2.48. The molecule has 0 aliphatic carbocycles. The molecule has 0 saturated carbocycles. The number of anilines is 1. The number of rotatable bonds is 4. The van der Waals surface area contributed by atoms with Crippen molar-refractivity contribution in [1.82, 2.24) is 20.3 Å². The van der Waals surface area contributed by atoms with E-state index in [2.05, 4.69) is 20.3 Å². The summed E-state index contributed by atoms with van der Waals surface area (Å²) >= 11 is 0. The van der Waals surface area contributed by atoms with E-state index >= 15 is 0 Å². The van der Waals surface area contributed by atoms with Crippen LogP contribution in [0, 0.1) is 0 Å². The van der Waals surface area contributed by atoms with Crippen LogP contribution in [0.5, 0.6) is 0 Å². The Morgan fingerprint density at radius 1 is 1.08 bits per heavy atom. The maximum Gasteiger partial charge on any atom is 0.207 e. The van der Waals surface area contributed by atoms with Crippen LogP contribution in [0.1, 0.15) is 23.1 Å². The minimum absolute atomic E-state index is 0.431. The van der Waals surface area contributed by atoms with E-state index in [-0.39, 0.29) is 0 Å². The molecular formula is C15H9N5O5. The van der Waals surface area contributed by atoms with E-state index in [0.29, 0.717) is 28.6 Å². The zero-order valence-electron chi connectivity index (χ0n) is 12.5. The Morgan fingerprint density at radius 2 is 2.08 bits per heavy atom. The van der Waals surface area contributed by atoms with E-state index in [1.807, 2.05) is 0 Å². The average Bonchev–Trinajstić information content (AvgIpc) is 3.48. The fourth-order valence-corrected chi connectivity index (χ4v) is 2.70. The van der Waals surface area contributed by atoms with E-state index in [9.17, 15) is 0 Å². The van der Waals surface area contributed by atoms with Crippen molar-refractivity contribution >= 4 is 17.2 Å². The highest BCUT2D eigenvalue weighted by atomic mass is 16.7. The van der Waals surface area contributed by atoms with Crippen LogP contribution < -0.4 is 5.06 Å². The van der Waals surface area contributed by atoms with Crippen molar-refractivity contribution in [3.63, 3.8) is 0 Å². The van der Waals surface area contributed by atoms with Crippen LogP contribution in [0.2, 0.25) is 0 Å². The monoisotopic (exact) mass is 339 g/mol. The van der Waals surface area contributed by atoms with Gasteiger partial charge in [0.15, 0.2) is 18.5 Å². The molecule has 25 heavy (non-hydrogen) atoms. The molecule has 4 aromatic heterocycles. The summed E-state index contributed by atoms with van der Waals surface area (Å²) in [6.45, 7) is 0. The summed E-state index contributed by atoms with van der Waals surface area (Å²) in [6.07, 6.45) is 10.2. The first-order chi connectivity index (χ1) is 12.4. The lowest BCUT2D eigenvalue weighted by atomic mass is 9.97. The SMILES string of the molecule is c1nc(N2OC(c3cnco3)=C(c3ccon3)C2c2cnoc2)co1. The Labute approximate surface area is 139 Å². The molecule has 0 radical (unpaired) electrons. The van der Waals surface area contributed by atoms with Crippen LogP contribution >= 0.6 is 0 Å².